The van der Waals surface area contributed by atoms with Crippen molar-refractivity contribution in [3.8, 4) is 9.88 Å². The smallest absolute Gasteiger partial charge is 0.212 e. The van der Waals surface area contributed by atoms with E-state index in [-0.39, 0.29) is 0 Å². The van der Waals surface area contributed by atoms with Gasteiger partial charge in [-0.25, -0.2) is 0 Å². The summed E-state index contributed by atoms with van der Waals surface area (Å²) in [7, 11) is 0. The van der Waals surface area contributed by atoms with Crippen molar-refractivity contribution >= 4 is 44.3 Å². The zero-order chi connectivity index (χ0) is 11.7. The lowest BCUT2D eigenvalue weighted by Crippen LogP contribution is -1.87. The van der Waals surface area contributed by atoms with Gasteiger partial charge in [-0.1, -0.05) is 28.7 Å². The summed E-state index contributed by atoms with van der Waals surface area (Å²) in [5.74, 6) is 0. The summed E-state index contributed by atoms with van der Waals surface area (Å²) in [6.45, 7) is 1.92. The Balaban J connectivity index is 1.81. The number of nitrogens with zero attached hydrogens (tertiary/aromatic N) is 4. The van der Waals surface area contributed by atoms with Crippen LogP contribution in [0.3, 0.4) is 0 Å². The second kappa shape index (κ2) is 4.47. The molecule has 0 aliphatic heterocycles. The van der Waals surface area contributed by atoms with E-state index < -0.39 is 0 Å². The second-order valence-electron chi connectivity index (χ2n) is 3.14. The molecule has 3 aromatic rings. The fourth-order valence-corrected chi connectivity index (χ4v) is 3.40. The van der Waals surface area contributed by atoms with E-state index in [0.29, 0.717) is 0 Å². The number of hydrogen-bond donors (Lipinski definition) is 1. The summed E-state index contributed by atoms with van der Waals surface area (Å²) in [6, 6.07) is 4.03. The number of anilines is 2. The summed E-state index contributed by atoms with van der Waals surface area (Å²) in [4.78, 5) is 1.13. The zero-order valence-electron chi connectivity index (χ0n) is 8.75. The van der Waals surface area contributed by atoms with E-state index in [1.807, 2.05) is 24.4 Å². The molecule has 0 unspecified atom stereocenters. The fourth-order valence-electron chi connectivity index (χ4n) is 1.21. The Morgan fingerprint density at radius 2 is 1.88 bits per heavy atom. The summed E-state index contributed by atoms with van der Waals surface area (Å²) < 4.78 is 0. The monoisotopic (exact) mass is 281 g/mol. The number of nitrogens with one attached hydrogen (secondary N) is 1. The molecule has 0 amide bonds. The molecule has 0 saturated carbocycles. The normalized spacial score (nSPS) is 10.6. The highest BCUT2D eigenvalue weighted by Gasteiger charge is 2.09. The lowest BCUT2D eigenvalue weighted by Gasteiger charge is -1.91. The van der Waals surface area contributed by atoms with Gasteiger partial charge in [0.25, 0.3) is 0 Å². The van der Waals surface area contributed by atoms with Crippen LogP contribution >= 0.6 is 34.0 Å². The molecule has 1 N–H and O–H groups in total. The molecule has 0 saturated heterocycles. The summed E-state index contributed by atoms with van der Waals surface area (Å²) in [5, 5.41) is 24.6. The number of hydrogen-bond acceptors (Lipinski definition) is 8. The third-order valence-corrected chi connectivity index (χ3v) is 4.53. The zero-order valence-corrected chi connectivity index (χ0v) is 11.2. The maximum Gasteiger partial charge on any atom is 0.212 e. The van der Waals surface area contributed by atoms with Crippen molar-refractivity contribution in [1.82, 2.24) is 20.4 Å². The van der Waals surface area contributed by atoms with E-state index in [1.165, 1.54) is 22.7 Å². The van der Waals surface area contributed by atoms with Crippen molar-refractivity contribution in [2.45, 2.75) is 6.92 Å². The van der Waals surface area contributed by atoms with E-state index in [1.54, 1.807) is 11.3 Å². The molecule has 8 heteroatoms. The maximum atomic E-state index is 4.13. The van der Waals surface area contributed by atoms with Gasteiger partial charge in [-0.3, -0.25) is 0 Å². The minimum Gasteiger partial charge on any atom is -0.305 e. The Labute approximate surface area is 109 Å². The highest BCUT2D eigenvalue weighted by molar-refractivity contribution is 7.23. The predicted molar refractivity (Wildman–Crippen MR) is 71.2 cm³/mol. The molecule has 0 spiro atoms. The number of aromatic nitrogens is 4. The second-order valence-corrected chi connectivity index (χ2v) is 6.25. The van der Waals surface area contributed by atoms with E-state index in [0.717, 1.165) is 25.2 Å². The van der Waals surface area contributed by atoms with Gasteiger partial charge in [-0.15, -0.1) is 31.7 Å². The van der Waals surface area contributed by atoms with E-state index >= 15 is 0 Å². The lowest BCUT2D eigenvalue weighted by atomic mass is 10.5. The van der Waals surface area contributed by atoms with Gasteiger partial charge in [0.15, 0.2) is 5.01 Å². The maximum absolute atomic E-state index is 4.13. The average molecular weight is 281 g/mol. The molecule has 3 rings (SSSR count). The Morgan fingerprint density at radius 3 is 2.59 bits per heavy atom. The molecule has 0 atom stereocenters. The molecule has 3 heterocycles. The molecule has 5 nitrogen and oxygen atoms in total. The van der Waals surface area contributed by atoms with E-state index in [4.69, 9.17) is 0 Å². The first-order chi connectivity index (χ1) is 8.31. The van der Waals surface area contributed by atoms with Crippen LogP contribution in [0.2, 0.25) is 0 Å². The van der Waals surface area contributed by atoms with Gasteiger partial charge < -0.3 is 5.32 Å². The first-order valence-electron chi connectivity index (χ1n) is 4.76. The van der Waals surface area contributed by atoms with Crippen molar-refractivity contribution in [3.05, 3.63) is 22.5 Å². The molecular formula is C9H7N5S3. The number of aryl methyl sites for hydroxylation is 1. The lowest BCUT2D eigenvalue weighted by molar-refractivity contribution is 1.04. The summed E-state index contributed by atoms with van der Waals surface area (Å²) in [6.07, 6.45) is 0. The Bertz CT molecular complexity index is 612. The Morgan fingerprint density at radius 1 is 1.06 bits per heavy atom. The minimum absolute atomic E-state index is 0.740. The molecule has 0 aromatic carbocycles. The number of rotatable bonds is 3. The fraction of sp³-hybridized carbons (Fsp3) is 0.111. The Kier molecular flexibility index (Phi) is 2.83. The standard InChI is InChI=1S/C9H7N5S3/c1-5-11-13-8(16-5)10-9-14-12-7(17-9)6-3-2-4-15-6/h2-4H,1H3,(H,10,13,14). The van der Waals surface area contributed by atoms with Gasteiger partial charge in [-0.2, -0.15) is 0 Å². The molecule has 0 fully saturated rings. The van der Waals surface area contributed by atoms with Gasteiger partial charge >= 0.3 is 0 Å². The van der Waals surface area contributed by atoms with Crippen molar-refractivity contribution in [2.24, 2.45) is 0 Å². The van der Waals surface area contributed by atoms with Crippen LogP contribution in [-0.2, 0) is 0 Å². The SMILES string of the molecule is Cc1nnc(Nc2nnc(-c3cccs3)s2)s1. The quantitative estimate of drug-likeness (QED) is 0.799. The highest BCUT2D eigenvalue weighted by atomic mass is 32.1. The van der Waals surface area contributed by atoms with Crippen LogP contribution in [-0.4, -0.2) is 20.4 Å². The van der Waals surface area contributed by atoms with Gasteiger partial charge in [0.05, 0.1) is 4.88 Å². The van der Waals surface area contributed by atoms with Crippen LogP contribution in [0.4, 0.5) is 10.3 Å². The van der Waals surface area contributed by atoms with Crippen LogP contribution in [0.25, 0.3) is 9.88 Å². The van der Waals surface area contributed by atoms with Crippen LogP contribution < -0.4 is 5.32 Å². The molecular weight excluding hydrogens is 274 g/mol. The van der Waals surface area contributed by atoms with Gasteiger partial charge in [0.2, 0.25) is 10.3 Å². The largest absolute Gasteiger partial charge is 0.305 e. The molecule has 0 aliphatic carbocycles. The highest BCUT2D eigenvalue weighted by Crippen LogP contribution is 2.31. The van der Waals surface area contributed by atoms with Gasteiger partial charge in [-0.05, 0) is 18.4 Å². The van der Waals surface area contributed by atoms with Crippen LogP contribution in [0.1, 0.15) is 5.01 Å². The first-order valence-corrected chi connectivity index (χ1v) is 7.27. The topological polar surface area (TPSA) is 63.6 Å². The van der Waals surface area contributed by atoms with Gasteiger partial charge in [0, 0.05) is 0 Å². The summed E-state index contributed by atoms with van der Waals surface area (Å²) >= 11 is 4.66. The molecule has 86 valence electrons. The predicted octanol–water partition coefficient (Wildman–Crippen LogP) is 3.17. The van der Waals surface area contributed by atoms with Crippen molar-refractivity contribution in [2.75, 3.05) is 5.32 Å². The number of thiophene rings is 1. The molecule has 0 radical (unpaired) electrons. The molecule has 17 heavy (non-hydrogen) atoms. The first kappa shape index (κ1) is 10.8. The van der Waals surface area contributed by atoms with Gasteiger partial charge in [0.1, 0.15) is 5.01 Å². The average Bonchev–Trinajstić information content (AvgIpc) is 3.00. The van der Waals surface area contributed by atoms with Crippen molar-refractivity contribution < 1.29 is 0 Å². The van der Waals surface area contributed by atoms with Crippen LogP contribution in [0.5, 0.6) is 0 Å². The van der Waals surface area contributed by atoms with Crippen LogP contribution in [0, 0.1) is 6.92 Å². The van der Waals surface area contributed by atoms with Crippen LogP contribution in [0.15, 0.2) is 17.5 Å². The third kappa shape index (κ3) is 2.33. The van der Waals surface area contributed by atoms with E-state index in [2.05, 4.69) is 25.7 Å². The van der Waals surface area contributed by atoms with Crippen molar-refractivity contribution in [1.29, 1.82) is 0 Å². The molecule has 3 aromatic heterocycles. The van der Waals surface area contributed by atoms with Crippen molar-refractivity contribution in [3.63, 3.8) is 0 Å². The summed E-state index contributed by atoms with van der Waals surface area (Å²) in [5.41, 5.74) is 0. The minimum atomic E-state index is 0.740. The molecule has 0 aliphatic rings. The van der Waals surface area contributed by atoms with E-state index in [9.17, 15) is 0 Å². The Hall–Kier alpha value is -1.38. The third-order valence-electron chi connectivity index (χ3n) is 1.90. The molecule has 0 bridgehead atoms.